The van der Waals surface area contributed by atoms with Crippen LogP contribution in [-0.2, 0) is 16.0 Å². The Kier molecular flexibility index (Phi) is 3.76. The molecule has 0 radical (unpaired) electrons. The molecule has 0 saturated carbocycles. The smallest absolute Gasteiger partial charge is 0.227 e. The summed E-state index contributed by atoms with van der Waals surface area (Å²) in [4.78, 5) is 13.4. The van der Waals surface area contributed by atoms with E-state index >= 15 is 0 Å². The number of anilines is 1. The van der Waals surface area contributed by atoms with Gasteiger partial charge in [0.05, 0.1) is 12.2 Å². The second kappa shape index (κ2) is 5.54. The second-order valence-electron chi connectivity index (χ2n) is 5.73. The Hall–Kier alpha value is -1.39. The first kappa shape index (κ1) is 13.6. The van der Waals surface area contributed by atoms with Crippen LogP contribution in [0.15, 0.2) is 18.2 Å². The van der Waals surface area contributed by atoms with Gasteiger partial charge in [0.1, 0.15) is 0 Å². The zero-order valence-electron chi connectivity index (χ0n) is 11.8. The summed E-state index contributed by atoms with van der Waals surface area (Å²) in [7, 11) is 1.81. The number of carbonyl (C=O) groups is 1. The van der Waals surface area contributed by atoms with Crippen molar-refractivity contribution in [2.24, 2.45) is 0 Å². The van der Waals surface area contributed by atoms with Crippen LogP contribution in [0.2, 0.25) is 0 Å². The van der Waals surface area contributed by atoms with E-state index in [0.29, 0.717) is 12.8 Å². The van der Waals surface area contributed by atoms with E-state index in [9.17, 15) is 9.90 Å². The van der Waals surface area contributed by atoms with Crippen LogP contribution in [0.3, 0.4) is 0 Å². The van der Waals surface area contributed by atoms with Crippen LogP contribution in [0, 0.1) is 0 Å². The highest BCUT2D eigenvalue weighted by atomic mass is 16.5. The molecule has 2 aliphatic rings. The first-order chi connectivity index (χ1) is 9.65. The van der Waals surface area contributed by atoms with Crippen molar-refractivity contribution in [2.45, 2.75) is 44.3 Å². The lowest BCUT2D eigenvalue weighted by Crippen LogP contribution is -2.31. The van der Waals surface area contributed by atoms with Gasteiger partial charge in [-0.05, 0) is 36.5 Å². The lowest BCUT2D eigenvalue weighted by Gasteiger charge is -2.27. The maximum absolute atomic E-state index is 11.7. The Morgan fingerprint density at radius 1 is 1.45 bits per heavy atom. The van der Waals surface area contributed by atoms with Crippen molar-refractivity contribution in [3.8, 4) is 0 Å². The molecule has 1 aromatic carbocycles. The Balaban J connectivity index is 1.76. The van der Waals surface area contributed by atoms with Gasteiger partial charge >= 0.3 is 0 Å². The Morgan fingerprint density at radius 3 is 3.05 bits per heavy atom. The maximum atomic E-state index is 11.7. The summed E-state index contributed by atoms with van der Waals surface area (Å²) in [6.07, 6.45) is 3.81. The van der Waals surface area contributed by atoms with Gasteiger partial charge in [-0.3, -0.25) is 4.79 Å². The molecule has 1 amide bonds. The van der Waals surface area contributed by atoms with Crippen molar-refractivity contribution in [3.05, 3.63) is 29.3 Å². The van der Waals surface area contributed by atoms with E-state index in [2.05, 4.69) is 0 Å². The number of benzene rings is 1. The van der Waals surface area contributed by atoms with Gasteiger partial charge in [0, 0.05) is 32.2 Å². The van der Waals surface area contributed by atoms with E-state index in [0.717, 1.165) is 42.7 Å². The van der Waals surface area contributed by atoms with Gasteiger partial charge in [-0.2, -0.15) is 0 Å². The number of ether oxygens (including phenoxy) is 1. The fourth-order valence-electron chi connectivity index (χ4n) is 3.10. The molecule has 108 valence electrons. The second-order valence-corrected chi connectivity index (χ2v) is 5.73. The summed E-state index contributed by atoms with van der Waals surface area (Å²) >= 11 is 0. The van der Waals surface area contributed by atoms with Gasteiger partial charge in [-0.1, -0.05) is 12.1 Å². The molecule has 0 bridgehead atoms. The van der Waals surface area contributed by atoms with Crippen LogP contribution < -0.4 is 4.90 Å². The van der Waals surface area contributed by atoms with Crippen LogP contribution in [0.4, 0.5) is 5.69 Å². The molecule has 1 saturated heterocycles. The number of carbonyl (C=O) groups excluding carboxylic acids is 1. The van der Waals surface area contributed by atoms with Crippen molar-refractivity contribution in [1.82, 2.24) is 0 Å². The van der Waals surface area contributed by atoms with Gasteiger partial charge in [0.25, 0.3) is 0 Å². The number of aliphatic hydroxyl groups is 1. The first-order valence-corrected chi connectivity index (χ1v) is 7.34. The normalized spacial score (nSPS) is 23.8. The van der Waals surface area contributed by atoms with E-state index in [1.165, 1.54) is 0 Å². The van der Waals surface area contributed by atoms with Gasteiger partial charge in [-0.25, -0.2) is 0 Å². The van der Waals surface area contributed by atoms with E-state index in [4.69, 9.17) is 4.74 Å². The first-order valence-electron chi connectivity index (χ1n) is 7.34. The zero-order valence-corrected chi connectivity index (χ0v) is 11.8. The minimum Gasteiger partial charge on any atom is -0.388 e. The summed E-state index contributed by atoms with van der Waals surface area (Å²) < 4.78 is 5.58. The number of hydrogen-bond acceptors (Lipinski definition) is 3. The highest BCUT2D eigenvalue weighted by Crippen LogP contribution is 2.31. The SMILES string of the molecule is CN1C(=O)CCc2cc(C(O)CC3CCCO3)ccc21. The molecule has 2 heterocycles. The predicted molar refractivity (Wildman–Crippen MR) is 76.7 cm³/mol. The fourth-order valence-corrected chi connectivity index (χ4v) is 3.10. The van der Waals surface area contributed by atoms with E-state index in [1.54, 1.807) is 4.90 Å². The molecule has 2 atom stereocenters. The van der Waals surface area contributed by atoms with Crippen LogP contribution in [-0.4, -0.2) is 30.8 Å². The monoisotopic (exact) mass is 275 g/mol. The molecule has 4 nitrogen and oxygen atoms in total. The summed E-state index contributed by atoms with van der Waals surface area (Å²) in [6, 6.07) is 5.91. The van der Waals surface area contributed by atoms with E-state index in [-0.39, 0.29) is 12.0 Å². The van der Waals surface area contributed by atoms with Crippen molar-refractivity contribution in [2.75, 3.05) is 18.6 Å². The molecule has 20 heavy (non-hydrogen) atoms. The van der Waals surface area contributed by atoms with Gasteiger partial charge < -0.3 is 14.7 Å². The lowest BCUT2D eigenvalue weighted by atomic mass is 9.95. The van der Waals surface area contributed by atoms with Gasteiger partial charge in [0.2, 0.25) is 5.91 Å². The number of aryl methyl sites for hydroxylation is 1. The number of hydrogen-bond donors (Lipinski definition) is 1. The third kappa shape index (κ3) is 2.58. The number of nitrogens with zero attached hydrogens (tertiary/aromatic N) is 1. The van der Waals surface area contributed by atoms with Gasteiger partial charge in [0.15, 0.2) is 0 Å². The number of aliphatic hydroxyl groups excluding tert-OH is 1. The van der Waals surface area contributed by atoms with Crippen molar-refractivity contribution in [1.29, 1.82) is 0 Å². The average molecular weight is 275 g/mol. The molecule has 1 fully saturated rings. The van der Waals surface area contributed by atoms with Crippen LogP contribution in [0.5, 0.6) is 0 Å². The summed E-state index contributed by atoms with van der Waals surface area (Å²) in [5.74, 6) is 0.158. The van der Waals surface area contributed by atoms with E-state index < -0.39 is 6.10 Å². The Morgan fingerprint density at radius 2 is 2.30 bits per heavy atom. The Bertz CT molecular complexity index is 508. The van der Waals surface area contributed by atoms with E-state index in [1.807, 2.05) is 25.2 Å². The predicted octanol–water partition coefficient (Wildman–Crippen LogP) is 2.20. The summed E-state index contributed by atoms with van der Waals surface area (Å²) in [5, 5.41) is 10.3. The fraction of sp³-hybridized carbons (Fsp3) is 0.562. The third-order valence-corrected chi connectivity index (χ3v) is 4.34. The summed E-state index contributed by atoms with van der Waals surface area (Å²) in [6.45, 7) is 0.814. The van der Waals surface area contributed by atoms with Crippen LogP contribution in [0.1, 0.15) is 42.9 Å². The van der Waals surface area contributed by atoms with Crippen LogP contribution in [0.25, 0.3) is 0 Å². The van der Waals surface area contributed by atoms with Gasteiger partial charge in [-0.15, -0.1) is 0 Å². The molecule has 1 aromatic rings. The number of fused-ring (bicyclic) bond motifs is 1. The zero-order chi connectivity index (χ0) is 14.1. The summed E-state index contributed by atoms with van der Waals surface area (Å²) in [5.41, 5.74) is 3.05. The highest BCUT2D eigenvalue weighted by Gasteiger charge is 2.24. The van der Waals surface area contributed by atoms with Crippen molar-refractivity contribution < 1.29 is 14.6 Å². The minimum atomic E-state index is -0.480. The molecule has 0 aromatic heterocycles. The van der Waals surface area contributed by atoms with Crippen LogP contribution >= 0.6 is 0 Å². The number of amides is 1. The average Bonchev–Trinajstić information content (AvgIpc) is 2.95. The molecule has 0 aliphatic carbocycles. The highest BCUT2D eigenvalue weighted by molar-refractivity contribution is 5.95. The molecular formula is C16H21NO3. The Labute approximate surface area is 119 Å². The molecule has 2 aliphatic heterocycles. The molecule has 1 N–H and O–H groups in total. The maximum Gasteiger partial charge on any atom is 0.227 e. The van der Waals surface area contributed by atoms with Crippen molar-refractivity contribution in [3.63, 3.8) is 0 Å². The topological polar surface area (TPSA) is 49.8 Å². The largest absolute Gasteiger partial charge is 0.388 e. The minimum absolute atomic E-state index is 0.158. The van der Waals surface area contributed by atoms with Crippen molar-refractivity contribution >= 4 is 11.6 Å². The number of rotatable bonds is 3. The standard InChI is InChI=1S/C16H21NO3/c1-17-14-6-4-12(9-11(14)5-7-16(17)19)15(18)10-13-3-2-8-20-13/h4,6,9,13,15,18H,2-3,5,7-8,10H2,1H3. The quantitative estimate of drug-likeness (QED) is 0.920. The molecule has 0 spiro atoms. The molecule has 3 rings (SSSR count). The third-order valence-electron chi connectivity index (χ3n) is 4.34. The molecule has 2 unspecified atom stereocenters. The molecular weight excluding hydrogens is 254 g/mol. The molecule has 4 heteroatoms. The lowest BCUT2D eigenvalue weighted by molar-refractivity contribution is -0.118.